The van der Waals surface area contributed by atoms with Crippen LogP contribution in [0.5, 0.6) is 5.88 Å². The normalized spacial score (nSPS) is 17.6. The van der Waals surface area contributed by atoms with Gasteiger partial charge in [-0.05, 0) is 23.4 Å². The van der Waals surface area contributed by atoms with E-state index in [0.717, 1.165) is 16.9 Å². The maximum absolute atomic E-state index is 11.6. The molecule has 3 rings (SSSR count). The number of anilines is 1. The number of rotatable bonds is 3. The summed E-state index contributed by atoms with van der Waals surface area (Å²) < 4.78 is 5.07. The lowest BCUT2D eigenvalue weighted by Gasteiger charge is -2.33. The average Bonchev–Trinajstić information content (AvgIpc) is 2.94. The molecule has 3 heterocycles. The second kappa shape index (κ2) is 5.09. The number of hydrogen-bond donors (Lipinski definition) is 1. The molecule has 104 valence electrons. The highest BCUT2D eigenvalue weighted by molar-refractivity contribution is 7.10. The minimum atomic E-state index is -0.873. The van der Waals surface area contributed by atoms with Crippen molar-refractivity contribution in [1.82, 2.24) is 9.97 Å². The number of aliphatic carboxylic acids is 1. The molecule has 0 fully saturated rings. The first kappa shape index (κ1) is 12.9. The molecule has 1 atom stereocenters. The van der Waals surface area contributed by atoms with Gasteiger partial charge in [0.2, 0.25) is 5.88 Å². The van der Waals surface area contributed by atoms with Crippen LogP contribution in [-0.4, -0.2) is 34.7 Å². The molecule has 1 N–H and O–H groups in total. The van der Waals surface area contributed by atoms with Gasteiger partial charge in [-0.25, -0.2) is 14.8 Å². The molecule has 2 aromatic heterocycles. The number of carbonyl (C=O) groups is 1. The Balaban J connectivity index is 2.02. The summed E-state index contributed by atoms with van der Waals surface area (Å²) in [7, 11) is 1.52. The minimum Gasteiger partial charge on any atom is -0.481 e. The van der Waals surface area contributed by atoms with E-state index in [-0.39, 0.29) is 0 Å². The predicted molar refractivity (Wildman–Crippen MR) is 74.3 cm³/mol. The SMILES string of the molecule is COc1cc(N2CCc3sccc3C2C(=O)O)ncn1. The van der Waals surface area contributed by atoms with Gasteiger partial charge < -0.3 is 14.7 Å². The van der Waals surface area contributed by atoms with Crippen LogP contribution in [0.2, 0.25) is 0 Å². The van der Waals surface area contributed by atoms with Crippen LogP contribution in [0.1, 0.15) is 16.5 Å². The van der Waals surface area contributed by atoms with E-state index in [4.69, 9.17) is 4.74 Å². The Kier molecular flexibility index (Phi) is 3.27. The highest BCUT2D eigenvalue weighted by Gasteiger charge is 2.34. The van der Waals surface area contributed by atoms with Crippen molar-refractivity contribution < 1.29 is 14.6 Å². The zero-order valence-corrected chi connectivity index (χ0v) is 11.6. The predicted octanol–water partition coefficient (Wildman–Crippen LogP) is 1.74. The molecular weight excluding hydrogens is 278 g/mol. The number of ether oxygens (including phenoxy) is 1. The molecule has 0 spiro atoms. The highest BCUT2D eigenvalue weighted by atomic mass is 32.1. The van der Waals surface area contributed by atoms with Crippen molar-refractivity contribution in [1.29, 1.82) is 0 Å². The molecule has 1 unspecified atom stereocenters. The molecule has 0 amide bonds. The number of hydrogen-bond acceptors (Lipinski definition) is 6. The number of methoxy groups -OCH3 is 1. The second-order valence-electron chi connectivity index (χ2n) is 4.40. The Hall–Kier alpha value is -2.15. The number of carboxylic acid groups (broad SMARTS) is 1. The molecular formula is C13H13N3O3S. The van der Waals surface area contributed by atoms with Gasteiger partial charge in [-0.2, -0.15) is 0 Å². The first-order valence-corrected chi connectivity index (χ1v) is 7.00. The van der Waals surface area contributed by atoms with Crippen LogP contribution in [0.15, 0.2) is 23.8 Å². The van der Waals surface area contributed by atoms with Crippen LogP contribution in [-0.2, 0) is 11.2 Å². The molecule has 0 radical (unpaired) electrons. The molecule has 1 aliphatic heterocycles. The van der Waals surface area contributed by atoms with E-state index in [1.807, 2.05) is 11.4 Å². The molecule has 0 bridgehead atoms. The average molecular weight is 291 g/mol. The first-order valence-electron chi connectivity index (χ1n) is 6.12. The van der Waals surface area contributed by atoms with E-state index in [2.05, 4.69) is 9.97 Å². The van der Waals surface area contributed by atoms with Gasteiger partial charge in [0.05, 0.1) is 7.11 Å². The van der Waals surface area contributed by atoms with Crippen molar-refractivity contribution in [2.45, 2.75) is 12.5 Å². The fourth-order valence-electron chi connectivity index (χ4n) is 2.43. The molecule has 1 aliphatic rings. The minimum absolute atomic E-state index is 0.426. The van der Waals surface area contributed by atoms with Crippen molar-refractivity contribution >= 4 is 23.1 Å². The van der Waals surface area contributed by atoms with E-state index in [9.17, 15) is 9.90 Å². The van der Waals surface area contributed by atoms with E-state index >= 15 is 0 Å². The van der Waals surface area contributed by atoms with Gasteiger partial charge in [0.25, 0.3) is 0 Å². The van der Waals surface area contributed by atoms with Gasteiger partial charge >= 0.3 is 5.97 Å². The zero-order chi connectivity index (χ0) is 14.1. The number of carboxylic acids is 1. The molecule has 2 aromatic rings. The first-order chi connectivity index (χ1) is 9.70. The Morgan fingerprint density at radius 1 is 1.55 bits per heavy atom. The number of aromatic nitrogens is 2. The van der Waals surface area contributed by atoms with Crippen LogP contribution < -0.4 is 9.64 Å². The van der Waals surface area contributed by atoms with Gasteiger partial charge in [-0.3, -0.25) is 0 Å². The van der Waals surface area contributed by atoms with Crippen LogP contribution in [0.25, 0.3) is 0 Å². The van der Waals surface area contributed by atoms with Gasteiger partial charge in [-0.1, -0.05) is 0 Å². The lowest BCUT2D eigenvalue weighted by molar-refractivity contribution is -0.138. The summed E-state index contributed by atoms with van der Waals surface area (Å²) in [5.41, 5.74) is 0.853. The Labute approximate surface area is 119 Å². The van der Waals surface area contributed by atoms with Crippen molar-refractivity contribution in [3.63, 3.8) is 0 Å². The van der Waals surface area contributed by atoms with Gasteiger partial charge in [0, 0.05) is 17.5 Å². The maximum atomic E-state index is 11.6. The third-order valence-corrected chi connectivity index (χ3v) is 4.33. The van der Waals surface area contributed by atoms with Gasteiger partial charge in [0.15, 0.2) is 6.04 Å². The van der Waals surface area contributed by atoms with E-state index < -0.39 is 12.0 Å². The molecule has 0 saturated heterocycles. The summed E-state index contributed by atoms with van der Waals surface area (Å²) in [6.07, 6.45) is 2.21. The second-order valence-corrected chi connectivity index (χ2v) is 5.40. The van der Waals surface area contributed by atoms with Gasteiger partial charge in [-0.15, -0.1) is 11.3 Å². The fraction of sp³-hybridized carbons (Fsp3) is 0.308. The fourth-order valence-corrected chi connectivity index (χ4v) is 3.33. The van der Waals surface area contributed by atoms with Crippen molar-refractivity contribution in [2.24, 2.45) is 0 Å². The Morgan fingerprint density at radius 2 is 2.40 bits per heavy atom. The van der Waals surface area contributed by atoms with E-state index in [0.29, 0.717) is 18.2 Å². The van der Waals surface area contributed by atoms with Gasteiger partial charge in [0.1, 0.15) is 12.1 Å². The quantitative estimate of drug-likeness (QED) is 0.928. The topological polar surface area (TPSA) is 75.5 Å². The maximum Gasteiger partial charge on any atom is 0.331 e. The summed E-state index contributed by atoms with van der Waals surface area (Å²) in [5.74, 6) is 0.123. The third-order valence-electron chi connectivity index (χ3n) is 3.33. The van der Waals surface area contributed by atoms with Crippen LogP contribution in [0.4, 0.5) is 5.82 Å². The summed E-state index contributed by atoms with van der Waals surface area (Å²) >= 11 is 1.60. The van der Waals surface area contributed by atoms with Crippen LogP contribution in [0, 0.1) is 0 Å². The molecule has 0 aliphatic carbocycles. The third kappa shape index (κ3) is 2.09. The number of fused-ring (bicyclic) bond motifs is 1. The molecule has 7 heteroatoms. The van der Waals surface area contributed by atoms with Crippen molar-refractivity contribution in [3.05, 3.63) is 34.3 Å². The van der Waals surface area contributed by atoms with Crippen molar-refractivity contribution in [3.8, 4) is 5.88 Å². The number of thiophene rings is 1. The smallest absolute Gasteiger partial charge is 0.331 e. The Bertz CT molecular complexity index is 643. The summed E-state index contributed by atoms with van der Waals surface area (Å²) in [6, 6.07) is 2.83. The van der Waals surface area contributed by atoms with Crippen molar-refractivity contribution in [2.75, 3.05) is 18.6 Å². The van der Waals surface area contributed by atoms with Crippen LogP contribution >= 0.6 is 11.3 Å². The Morgan fingerprint density at radius 3 is 3.15 bits per heavy atom. The molecule has 0 aromatic carbocycles. The number of nitrogens with zero attached hydrogens (tertiary/aromatic N) is 3. The van der Waals surface area contributed by atoms with E-state index in [1.165, 1.54) is 13.4 Å². The van der Waals surface area contributed by atoms with Crippen LogP contribution in [0.3, 0.4) is 0 Å². The highest BCUT2D eigenvalue weighted by Crippen LogP contribution is 2.36. The summed E-state index contributed by atoms with van der Waals surface area (Å²) in [6.45, 7) is 0.616. The largest absolute Gasteiger partial charge is 0.481 e. The molecule has 6 nitrogen and oxygen atoms in total. The standard InChI is InChI=1S/C13H13N3O3S/c1-19-11-6-10(14-7-15-11)16-4-2-9-8(3-5-20-9)12(16)13(17)18/h3,5-7,12H,2,4H2,1H3,(H,17,18). The monoisotopic (exact) mass is 291 g/mol. The lowest BCUT2D eigenvalue weighted by atomic mass is 10.00. The van der Waals surface area contributed by atoms with E-state index in [1.54, 1.807) is 22.3 Å². The molecule has 0 saturated carbocycles. The summed E-state index contributed by atoms with van der Waals surface area (Å²) in [4.78, 5) is 22.7. The zero-order valence-electron chi connectivity index (χ0n) is 10.8. The molecule has 20 heavy (non-hydrogen) atoms. The summed E-state index contributed by atoms with van der Waals surface area (Å²) in [5, 5.41) is 11.5. The lowest BCUT2D eigenvalue weighted by Crippen LogP contribution is -2.39.